The maximum Gasteiger partial charge on any atom is 0.246 e. The molecule has 1 aromatic rings. The van der Waals surface area contributed by atoms with Crippen molar-refractivity contribution in [2.75, 3.05) is 24.6 Å². The number of carbonyl (C=O) groups excluding carboxylic acids is 1. The third kappa shape index (κ3) is 2.24. The number of carbonyl (C=O) groups is 1. The largest absolute Gasteiger partial charge is 0.375 e. The highest BCUT2D eigenvalue weighted by Gasteiger charge is 2.35. The van der Waals surface area contributed by atoms with Gasteiger partial charge in [-0.25, -0.2) is 0 Å². The van der Waals surface area contributed by atoms with Gasteiger partial charge in [0.15, 0.2) is 0 Å². The van der Waals surface area contributed by atoms with Crippen LogP contribution in [-0.2, 0) is 16.0 Å². The lowest BCUT2D eigenvalue weighted by Crippen LogP contribution is -2.56. The van der Waals surface area contributed by atoms with Crippen molar-refractivity contribution in [1.29, 1.82) is 0 Å². The van der Waals surface area contributed by atoms with Crippen molar-refractivity contribution in [2.45, 2.75) is 25.5 Å². The third-order valence-electron chi connectivity index (χ3n) is 3.82. The predicted octanol–water partition coefficient (Wildman–Crippen LogP) is 1.61. The Labute approximate surface area is 117 Å². The first-order chi connectivity index (χ1) is 9.18. The van der Waals surface area contributed by atoms with Crippen molar-refractivity contribution in [3.63, 3.8) is 0 Å². The minimum Gasteiger partial charge on any atom is -0.375 e. The molecule has 102 valence electrons. The number of rotatable bonds is 1. The lowest BCUT2D eigenvalue weighted by atomic mass is 10.1. The quantitative estimate of drug-likeness (QED) is 0.850. The van der Waals surface area contributed by atoms with Gasteiger partial charge in [0.1, 0.15) is 6.04 Å². The molecule has 4 nitrogen and oxygen atoms in total. The van der Waals surface area contributed by atoms with E-state index in [9.17, 15) is 4.79 Å². The highest BCUT2D eigenvalue weighted by atomic mass is 35.5. The van der Waals surface area contributed by atoms with Gasteiger partial charge in [-0.3, -0.25) is 4.79 Å². The van der Waals surface area contributed by atoms with Crippen LogP contribution in [0.4, 0.5) is 5.69 Å². The molecule has 2 heterocycles. The van der Waals surface area contributed by atoms with Gasteiger partial charge in [0.05, 0.1) is 12.7 Å². The molecule has 3 rings (SSSR count). The molecule has 0 radical (unpaired) electrons. The van der Waals surface area contributed by atoms with Crippen molar-refractivity contribution >= 4 is 23.2 Å². The summed E-state index contributed by atoms with van der Waals surface area (Å²) < 4.78 is 5.55. The molecular weight excluding hydrogens is 264 g/mol. The monoisotopic (exact) mass is 280 g/mol. The van der Waals surface area contributed by atoms with Gasteiger partial charge in [0.2, 0.25) is 5.91 Å². The maximum atomic E-state index is 12.6. The van der Waals surface area contributed by atoms with Gasteiger partial charge in [-0.15, -0.1) is 0 Å². The topological polar surface area (TPSA) is 41.6 Å². The van der Waals surface area contributed by atoms with E-state index in [0.717, 1.165) is 29.2 Å². The summed E-state index contributed by atoms with van der Waals surface area (Å²) in [7, 11) is 0. The van der Waals surface area contributed by atoms with E-state index in [4.69, 9.17) is 16.3 Å². The molecule has 0 aromatic heterocycles. The predicted molar refractivity (Wildman–Crippen MR) is 74.7 cm³/mol. The van der Waals surface area contributed by atoms with Crippen LogP contribution < -0.4 is 10.2 Å². The fourth-order valence-electron chi connectivity index (χ4n) is 2.80. The molecule has 19 heavy (non-hydrogen) atoms. The lowest BCUT2D eigenvalue weighted by Gasteiger charge is -2.32. The standard InChI is InChI=1S/C14H17ClN2O2/c1-9-13(16-6-8-19-9)14(18)17-7-5-10-11(15)3-2-4-12(10)17/h2-4,9,13,16H,5-8H2,1H3/t9-,13+/m1/s1. The number of nitrogens with zero attached hydrogens (tertiary/aromatic N) is 1. The van der Waals surface area contributed by atoms with E-state index in [1.807, 2.05) is 30.0 Å². The van der Waals surface area contributed by atoms with Gasteiger partial charge in [0, 0.05) is 23.8 Å². The minimum atomic E-state index is -0.265. The van der Waals surface area contributed by atoms with Crippen molar-refractivity contribution < 1.29 is 9.53 Å². The summed E-state index contributed by atoms with van der Waals surface area (Å²) in [5.41, 5.74) is 2.01. The van der Waals surface area contributed by atoms with E-state index < -0.39 is 0 Å². The van der Waals surface area contributed by atoms with E-state index in [1.165, 1.54) is 0 Å². The first-order valence-corrected chi connectivity index (χ1v) is 7.00. The lowest BCUT2D eigenvalue weighted by molar-refractivity contribution is -0.126. The smallest absolute Gasteiger partial charge is 0.246 e. The van der Waals surface area contributed by atoms with E-state index in [0.29, 0.717) is 13.2 Å². The average molecular weight is 281 g/mol. The van der Waals surface area contributed by atoms with Crippen molar-refractivity contribution in [3.8, 4) is 0 Å². The van der Waals surface area contributed by atoms with Gasteiger partial charge in [-0.2, -0.15) is 0 Å². The molecule has 0 spiro atoms. The number of ether oxygens (including phenoxy) is 1. The summed E-state index contributed by atoms with van der Waals surface area (Å²) in [6, 6.07) is 5.46. The molecule has 0 unspecified atom stereocenters. The van der Waals surface area contributed by atoms with E-state index in [1.54, 1.807) is 0 Å². The number of halogens is 1. The van der Waals surface area contributed by atoms with Crippen LogP contribution in [0.1, 0.15) is 12.5 Å². The number of morpholine rings is 1. The SMILES string of the molecule is C[C@H]1OCCN[C@@H]1C(=O)N1CCc2c(Cl)cccc21. The van der Waals surface area contributed by atoms with Gasteiger partial charge >= 0.3 is 0 Å². The van der Waals surface area contributed by atoms with Crippen LogP contribution in [0, 0.1) is 0 Å². The Kier molecular flexibility index (Phi) is 3.48. The Morgan fingerprint density at radius 2 is 2.37 bits per heavy atom. The first-order valence-electron chi connectivity index (χ1n) is 6.62. The zero-order valence-corrected chi connectivity index (χ0v) is 11.6. The van der Waals surface area contributed by atoms with Crippen molar-refractivity contribution in [2.24, 2.45) is 0 Å². The van der Waals surface area contributed by atoms with Crippen LogP contribution in [-0.4, -0.2) is 37.7 Å². The molecule has 0 aliphatic carbocycles. The van der Waals surface area contributed by atoms with Crippen LogP contribution in [0.2, 0.25) is 5.02 Å². The molecule has 1 saturated heterocycles. The average Bonchev–Trinajstić information content (AvgIpc) is 2.84. The summed E-state index contributed by atoms with van der Waals surface area (Å²) in [6.45, 7) is 4.01. The van der Waals surface area contributed by atoms with Crippen molar-refractivity contribution in [1.82, 2.24) is 5.32 Å². The molecule has 1 N–H and O–H groups in total. The van der Waals surface area contributed by atoms with Crippen LogP contribution in [0.15, 0.2) is 18.2 Å². The normalized spacial score (nSPS) is 26.3. The number of fused-ring (bicyclic) bond motifs is 1. The van der Waals surface area contributed by atoms with E-state index in [-0.39, 0.29) is 18.1 Å². The first kappa shape index (κ1) is 12.9. The molecule has 2 atom stereocenters. The Hall–Kier alpha value is -1.10. The number of amides is 1. The van der Waals surface area contributed by atoms with Crippen LogP contribution >= 0.6 is 11.6 Å². The van der Waals surface area contributed by atoms with Crippen LogP contribution in [0.25, 0.3) is 0 Å². The highest BCUT2D eigenvalue weighted by Crippen LogP contribution is 2.33. The number of nitrogens with one attached hydrogen (secondary N) is 1. The van der Waals surface area contributed by atoms with E-state index in [2.05, 4.69) is 5.32 Å². The fourth-order valence-corrected chi connectivity index (χ4v) is 3.06. The van der Waals surface area contributed by atoms with Gasteiger partial charge in [-0.1, -0.05) is 17.7 Å². The molecule has 0 bridgehead atoms. The second kappa shape index (κ2) is 5.12. The molecule has 1 aromatic carbocycles. The third-order valence-corrected chi connectivity index (χ3v) is 4.17. The molecule has 1 amide bonds. The summed E-state index contributed by atoms with van der Waals surface area (Å²) in [6.07, 6.45) is 0.729. The molecule has 1 fully saturated rings. The number of anilines is 1. The Morgan fingerprint density at radius 3 is 3.16 bits per heavy atom. The fraction of sp³-hybridized carbons (Fsp3) is 0.500. The van der Waals surface area contributed by atoms with Gasteiger partial charge in [0.25, 0.3) is 0 Å². The number of benzene rings is 1. The summed E-state index contributed by atoms with van der Waals surface area (Å²) in [5, 5.41) is 3.99. The Morgan fingerprint density at radius 1 is 1.53 bits per heavy atom. The highest BCUT2D eigenvalue weighted by molar-refractivity contribution is 6.32. The second-order valence-corrected chi connectivity index (χ2v) is 5.39. The zero-order valence-electron chi connectivity index (χ0n) is 10.9. The zero-order chi connectivity index (χ0) is 13.4. The summed E-state index contributed by atoms with van der Waals surface area (Å²) >= 11 is 6.18. The van der Waals surface area contributed by atoms with Crippen molar-refractivity contribution in [3.05, 3.63) is 28.8 Å². The minimum absolute atomic E-state index is 0.0771. The Balaban J connectivity index is 1.85. The number of hydrogen-bond acceptors (Lipinski definition) is 3. The van der Waals surface area contributed by atoms with Gasteiger partial charge < -0.3 is 15.0 Å². The molecule has 5 heteroatoms. The molecule has 2 aliphatic heterocycles. The maximum absolute atomic E-state index is 12.6. The molecule has 2 aliphatic rings. The molecule has 0 saturated carbocycles. The molecular formula is C14H17ClN2O2. The van der Waals surface area contributed by atoms with Crippen LogP contribution in [0.3, 0.4) is 0 Å². The number of hydrogen-bond donors (Lipinski definition) is 1. The van der Waals surface area contributed by atoms with E-state index >= 15 is 0 Å². The van der Waals surface area contributed by atoms with Gasteiger partial charge in [-0.05, 0) is 31.0 Å². The summed E-state index contributed by atoms with van der Waals surface area (Å²) in [5.74, 6) is 0.0771. The Bertz CT molecular complexity index is 506. The van der Waals surface area contributed by atoms with Crippen LogP contribution in [0.5, 0.6) is 0 Å². The summed E-state index contributed by atoms with van der Waals surface area (Å²) in [4.78, 5) is 14.4. The second-order valence-electron chi connectivity index (χ2n) is 4.99.